The minimum Gasteiger partial charge on any atom is -0.396 e. The van der Waals surface area contributed by atoms with Gasteiger partial charge in [-0.05, 0) is 24.7 Å². The first kappa shape index (κ1) is 17.4. The third kappa shape index (κ3) is 11.9. The van der Waals surface area contributed by atoms with Gasteiger partial charge in [-0.1, -0.05) is 33.6 Å². The molecule has 0 radical (unpaired) electrons. The Balaban J connectivity index is 3.53. The SMILES string of the molecule is CC(C)(C)CC(N)CC(=O)NCCCCCCO. The molecule has 0 rings (SSSR count). The van der Waals surface area contributed by atoms with Crippen LogP contribution in [-0.2, 0) is 4.79 Å². The quantitative estimate of drug-likeness (QED) is 0.552. The fourth-order valence-corrected chi connectivity index (χ4v) is 1.99. The minimum atomic E-state index is -0.0561. The van der Waals surface area contributed by atoms with E-state index >= 15 is 0 Å². The van der Waals surface area contributed by atoms with Gasteiger partial charge < -0.3 is 16.2 Å². The molecule has 0 aromatic rings. The van der Waals surface area contributed by atoms with E-state index in [1.807, 2.05) is 0 Å². The molecular formula is C14H30N2O2. The first-order chi connectivity index (χ1) is 8.35. The lowest BCUT2D eigenvalue weighted by molar-refractivity contribution is -0.121. The number of aliphatic hydroxyl groups excluding tert-OH is 1. The molecule has 0 aliphatic rings. The fraction of sp³-hybridized carbons (Fsp3) is 0.929. The van der Waals surface area contributed by atoms with Crippen LogP contribution in [0, 0.1) is 5.41 Å². The van der Waals surface area contributed by atoms with Crippen molar-refractivity contribution in [3.63, 3.8) is 0 Å². The molecule has 0 aromatic heterocycles. The minimum absolute atomic E-state index is 0.0499. The van der Waals surface area contributed by atoms with Crippen molar-refractivity contribution >= 4 is 5.91 Å². The van der Waals surface area contributed by atoms with Crippen molar-refractivity contribution in [1.29, 1.82) is 0 Å². The molecule has 0 saturated carbocycles. The zero-order chi connectivity index (χ0) is 14.0. The van der Waals surface area contributed by atoms with E-state index in [1.54, 1.807) is 0 Å². The summed E-state index contributed by atoms with van der Waals surface area (Å²) in [6.07, 6.45) is 5.17. The van der Waals surface area contributed by atoms with Crippen molar-refractivity contribution in [3.8, 4) is 0 Å². The van der Waals surface area contributed by atoms with Crippen LogP contribution >= 0.6 is 0 Å². The third-order valence-corrected chi connectivity index (χ3v) is 2.73. The van der Waals surface area contributed by atoms with Crippen molar-refractivity contribution in [2.45, 2.75) is 65.3 Å². The molecule has 0 aliphatic heterocycles. The van der Waals surface area contributed by atoms with Gasteiger partial charge in [0.2, 0.25) is 5.91 Å². The summed E-state index contributed by atoms with van der Waals surface area (Å²) in [6.45, 7) is 7.37. The standard InChI is InChI=1S/C14H30N2O2/c1-14(2,3)11-12(15)10-13(18)16-8-6-4-5-7-9-17/h12,17H,4-11,15H2,1-3H3,(H,16,18). The van der Waals surface area contributed by atoms with Crippen molar-refractivity contribution in [3.05, 3.63) is 0 Å². The summed E-state index contributed by atoms with van der Waals surface area (Å²) in [4.78, 5) is 11.6. The topological polar surface area (TPSA) is 75.4 Å². The summed E-state index contributed by atoms with van der Waals surface area (Å²) in [5.74, 6) is 0.0499. The molecule has 18 heavy (non-hydrogen) atoms. The van der Waals surface area contributed by atoms with Crippen LogP contribution in [0.25, 0.3) is 0 Å². The lowest BCUT2D eigenvalue weighted by atomic mass is 9.87. The van der Waals surface area contributed by atoms with Crippen LogP contribution in [0.1, 0.15) is 59.3 Å². The molecule has 4 heteroatoms. The average Bonchev–Trinajstić information content (AvgIpc) is 2.20. The van der Waals surface area contributed by atoms with Crippen molar-refractivity contribution in [1.82, 2.24) is 5.32 Å². The highest BCUT2D eigenvalue weighted by Gasteiger charge is 2.17. The highest BCUT2D eigenvalue weighted by atomic mass is 16.2. The summed E-state index contributed by atoms with van der Waals surface area (Å²) >= 11 is 0. The van der Waals surface area contributed by atoms with Crippen LogP contribution in [0.15, 0.2) is 0 Å². The number of carbonyl (C=O) groups excluding carboxylic acids is 1. The molecule has 0 saturated heterocycles. The van der Waals surface area contributed by atoms with Crippen LogP contribution < -0.4 is 11.1 Å². The second-order valence-corrected chi connectivity index (χ2v) is 6.22. The summed E-state index contributed by atoms with van der Waals surface area (Å²) < 4.78 is 0. The Labute approximate surface area is 111 Å². The molecule has 0 aromatic carbocycles. The van der Waals surface area contributed by atoms with Gasteiger partial charge in [0.1, 0.15) is 0 Å². The van der Waals surface area contributed by atoms with E-state index in [-0.39, 0.29) is 24.0 Å². The summed E-state index contributed by atoms with van der Waals surface area (Å²) in [5.41, 5.74) is 6.11. The van der Waals surface area contributed by atoms with Gasteiger partial charge in [-0.3, -0.25) is 4.79 Å². The Morgan fingerprint density at radius 2 is 1.83 bits per heavy atom. The molecule has 0 heterocycles. The smallest absolute Gasteiger partial charge is 0.221 e. The predicted octanol–water partition coefficient (Wildman–Crippen LogP) is 1.81. The van der Waals surface area contributed by atoms with E-state index in [4.69, 9.17) is 10.8 Å². The van der Waals surface area contributed by atoms with Gasteiger partial charge in [-0.25, -0.2) is 0 Å². The monoisotopic (exact) mass is 258 g/mol. The number of amides is 1. The number of hydrogen-bond acceptors (Lipinski definition) is 3. The van der Waals surface area contributed by atoms with E-state index < -0.39 is 0 Å². The average molecular weight is 258 g/mol. The largest absolute Gasteiger partial charge is 0.396 e. The van der Waals surface area contributed by atoms with E-state index in [2.05, 4.69) is 26.1 Å². The highest BCUT2D eigenvalue weighted by Crippen LogP contribution is 2.20. The lowest BCUT2D eigenvalue weighted by Crippen LogP contribution is -2.34. The Morgan fingerprint density at radius 3 is 2.39 bits per heavy atom. The second kappa shape index (κ2) is 9.34. The molecule has 1 unspecified atom stereocenters. The number of carbonyl (C=O) groups is 1. The third-order valence-electron chi connectivity index (χ3n) is 2.73. The van der Waals surface area contributed by atoms with Crippen LogP contribution in [0.5, 0.6) is 0 Å². The maximum atomic E-state index is 11.6. The van der Waals surface area contributed by atoms with Gasteiger partial charge in [0.25, 0.3) is 0 Å². The van der Waals surface area contributed by atoms with Gasteiger partial charge in [-0.2, -0.15) is 0 Å². The highest BCUT2D eigenvalue weighted by molar-refractivity contribution is 5.76. The fourth-order valence-electron chi connectivity index (χ4n) is 1.99. The van der Waals surface area contributed by atoms with Crippen molar-refractivity contribution in [2.24, 2.45) is 11.1 Å². The normalized spacial score (nSPS) is 13.4. The van der Waals surface area contributed by atoms with E-state index in [1.165, 1.54) is 0 Å². The molecular weight excluding hydrogens is 228 g/mol. The molecule has 4 nitrogen and oxygen atoms in total. The maximum absolute atomic E-state index is 11.6. The molecule has 0 fully saturated rings. The molecule has 1 amide bonds. The Morgan fingerprint density at radius 1 is 1.22 bits per heavy atom. The number of unbranched alkanes of at least 4 members (excludes halogenated alkanes) is 3. The Bertz CT molecular complexity index is 224. The molecule has 4 N–H and O–H groups in total. The maximum Gasteiger partial charge on any atom is 0.221 e. The number of nitrogens with two attached hydrogens (primary N) is 1. The van der Waals surface area contributed by atoms with Gasteiger partial charge in [0.05, 0.1) is 0 Å². The molecule has 0 aliphatic carbocycles. The van der Waals surface area contributed by atoms with Crippen molar-refractivity contribution < 1.29 is 9.90 Å². The summed E-state index contributed by atoms with van der Waals surface area (Å²) in [5, 5.41) is 11.5. The summed E-state index contributed by atoms with van der Waals surface area (Å²) in [6, 6.07) is -0.0561. The van der Waals surface area contributed by atoms with Crippen LogP contribution in [0.4, 0.5) is 0 Å². The van der Waals surface area contributed by atoms with E-state index in [0.29, 0.717) is 13.0 Å². The number of hydrogen-bond donors (Lipinski definition) is 3. The van der Waals surface area contributed by atoms with Gasteiger partial charge in [0.15, 0.2) is 0 Å². The molecule has 0 spiro atoms. The molecule has 1 atom stereocenters. The van der Waals surface area contributed by atoms with Crippen LogP contribution in [0.2, 0.25) is 0 Å². The Kier molecular flexibility index (Phi) is 9.02. The molecule has 0 bridgehead atoms. The van der Waals surface area contributed by atoms with Gasteiger partial charge in [0, 0.05) is 25.6 Å². The lowest BCUT2D eigenvalue weighted by Gasteiger charge is -2.22. The molecule has 108 valence electrons. The van der Waals surface area contributed by atoms with Crippen molar-refractivity contribution in [2.75, 3.05) is 13.2 Å². The van der Waals surface area contributed by atoms with E-state index in [9.17, 15) is 4.79 Å². The zero-order valence-corrected chi connectivity index (χ0v) is 12.2. The first-order valence-electron chi connectivity index (χ1n) is 6.98. The number of rotatable bonds is 9. The second-order valence-electron chi connectivity index (χ2n) is 6.22. The van der Waals surface area contributed by atoms with E-state index in [0.717, 1.165) is 32.1 Å². The van der Waals surface area contributed by atoms with Crippen LogP contribution in [-0.4, -0.2) is 30.2 Å². The predicted molar refractivity (Wildman–Crippen MR) is 75.2 cm³/mol. The van der Waals surface area contributed by atoms with Gasteiger partial charge in [-0.15, -0.1) is 0 Å². The number of nitrogens with one attached hydrogen (secondary N) is 1. The first-order valence-corrected chi connectivity index (χ1v) is 6.98. The Hall–Kier alpha value is -0.610. The van der Waals surface area contributed by atoms with Crippen LogP contribution in [0.3, 0.4) is 0 Å². The van der Waals surface area contributed by atoms with Gasteiger partial charge >= 0.3 is 0 Å². The number of aliphatic hydroxyl groups is 1. The zero-order valence-electron chi connectivity index (χ0n) is 12.2. The summed E-state index contributed by atoms with van der Waals surface area (Å²) in [7, 11) is 0.